The van der Waals surface area contributed by atoms with Crippen molar-refractivity contribution in [1.82, 2.24) is 0 Å². The molecule has 12 heavy (non-hydrogen) atoms. The highest BCUT2D eigenvalue weighted by molar-refractivity contribution is 8.00. The maximum Gasteiger partial charge on any atom is 0.220 e. The van der Waals surface area contributed by atoms with E-state index in [4.69, 9.17) is 5.73 Å². The van der Waals surface area contributed by atoms with Crippen molar-refractivity contribution < 1.29 is 9.00 Å². The van der Waals surface area contributed by atoms with E-state index >= 15 is 0 Å². The van der Waals surface area contributed by atoms with E-state index in [0.29, 0.717) is 23.6 Å². The highest BCUT2D eigenvalue weighted by Gasteiger charge is 2.26. The van der Waals surface area contributed by atoms with Crippen molar-refractivity contribution in [2.75, 3.05) is 12.8 Å². The van der Waals surface area contributed by atoms with Crippen LogP contribution < -0.4 is 5.73 Å². The summed E-state index contributed by atoms with van der Waals surface area (Å²) in [6.45, 7) is 0. The van der Waals surface area contributed by atoms with E-state index in [1.54, 1.807) is 7.05 Å². The van der Waals surface area contributed by atoms with Gasteiger partial charge in [-0.05, 0) is 6.42 Å². The van der Waals surface area contributed by atoms with Crippen molar-refractivity contribution in [2.45, 2.75) is 12.8 Å². The van der Waals surface area contributed by atoms with Gasteiger partial charge in [0.15, 0.2) is 0 Å². The molecular formula is C7H12N2O2S. The van der Waals surface area contributed by atoms with E-state index < -0.39 is 10.8 Å². The van der Waals surface area contributed by atoms with Crippen LogP contribution in [-0.4, -0.2) is 28.0 Å². The Morgan fingerprint density at radius 1 is 1.75 bits per heavy atom. The maximum atomic E-state index is 11.2. The first-order valence-electron chi connectivity index (χ1n) is 3.78. The van der Waals surface area contributed by atoms with E-state index in [2.05, 4.69) is 4.99 Å². The molecule has 0 aromatic carbocycles. The van der Waals surface area contributed by atoms with Crippen LogP contribution in [0.25, 0.3) is 0 Å². The molecule has 1 amide bonds. The lowest BCUT2D eigenvalue weighted by molar-refractivity contribution is -0.121. The van der Waals surface area contributed by atoms with Gasteiger partial charge in [-0.15, -0.1) is 0 Å². The number of hydrogen-bond donors (Lipinski definition) is 1. The van der Waals surface area contributed by atoms with Gasteiger partial charge in [-0.3, -0.25) is 14.0 Å². The summed E-state index contributed by atoms with van der Waals surface area (Å²) in [6, 6.07) is 0. The van der Waals surface area contributed by atoms with Crippen molar-refractivity contribution >= 4 is 21.8 Å². The lowest BCUT2D eigenvalue weighted by Crippen LogP contribution is -2.33. The molecule has 2 unspecified atom stereocenters. The largest absolute Gasteiger partial charge is 0.369 e. The molecule has 0 aliphatic carbocycles. The molecule has 0 saturated carbocycles. The van der Waals surface area contributed by atoms with Gasteiger partial charge in [0.25, 0.3) is 0 Å². The van der Waals surface area contributed by atoms with E-state index in [1.165, 1.54) is 0 Å². The first-order chi connectivity index (χ1) is 5.65. The van der Waals surface area contributed by atoms with E-state index in [9.17, 15) is 9.00 Å². The van der Waals surface area contributed by atoms with Crippen LogP contribution in [0.2, 0.25) is 0 Å². The first kappa shape index (κ1) is 9.38. The normalized spacial score (nSPS) is 33.6. The van der Waals surface area contributed by atoms with Gasteiger partial charge in [-0.1, -0.05) is 0 Å². The van der Waals surface area contributed by atoms with Gasteiger partial charge in [-0.2, -0.15) is 0 Å². The number of carbonyl (C=O) groups excluding carboxylic acids is 1. The van der Waals surface area contributed by atoms with Crippen molar-refractivity contribution in [1.29, 1.82) is 0 Å². The Morgan fingerprint density at radius 3 is 2.92 bits per heavy atom. The fraction of sp³-hybridized carbons (Fsp3) is 0.714. The van der Waals surface area contributed by atoms with Gasteiger partial charge < -0.3 is 5.73 Å². The fourth-order valence-electron chi connectivity index (χ4n) is 1.21. The van der Waals surface area contributed by atoms with Gasteiger partial charge in [0.05, 0.1) is 15.8 Å². The molecular weight excluding hydrogens is 176 g/mol. The summed E-state index contributed by atoms with van der Waals surface area (Å²) in [5.41, 5.74) is 5.14. The van der Waals surface area contributed by atoms with Gasteiger partial charge in [0.2, 0.25) is 5.91 Å². The molecule has 1 aliphatic heterocycles. The number of aliphatic imine (C=N–C) groups is 1. The number of nitrogens with zero attached hydrogens (tertiary/aromatic N) is 1. The van der Waals surface area contributed by atoms with E-state index in [-0.39, 0.29) is 11.8 Å². The van der Waals surface area contributed by atoms with Crippen LogP contribution >= 0.6 is 0 Å². The topological polar surface area (TPSA) is 72.5 Å². The zero-order valence-corrected chi connectivity index (χ0v) is 7.76. The average molecular weight is 188 g/mol. The monoisotopic (exact) mass is 188 g/mol. The molecule has 1 fully saturated rings. The number of primary amides is 1. The molecule has 68 valence electrons. The van der Waals surface area contributed by atoms with Crippen molar-refractivity contribution in [2.24, 2.45) is 16.6 Å². The minimum absolute atomic E-state index is 0.165. The highest BCUT2D eigenvalue weighted by atomic mass is 32.2. The number of amides is 1. The Balaban J connectivity index is 2.68. The second-order valence-electron chi connectivity index (χ2n) is 2.76. The van der Waals surface area contributed by atoms with Crippen LogP contribution in [0.15, 0.2) is 4.99 Å². The predicted molar refractivity (Wildman–Crippen MR) is 48.3 cm³/mol. The molecule has 5 heteroatoms. The third kappa shape index (κ3) is 1.91. The number of hydrogen-bond acceptors (Lipinski definition) is 3. The van der Waals surface area contributed by atoms with Crippen molar-refractivity contribution in [3.05, 3.63) is 0 Å². The Kier molecular flexibility index (Phi) is 2.97. The standard InChI is InChI=1S/C7H12N2O2S/c1-9-6-4-5(7(8)10)2-3-12(6)11/h5H,2-4H2,1H3,(H2,8,10). The van der Waals surface area contributed by atoms with Crippen LogP contribution in [0.3, 0.4) is 0 Å². The lowest BCUT2D eigenvalue weighted by Gasteiger charge is -2.19. The Labute approximate surface area is 73.7 Å². The molecule has 0 bridgehead atoms. The molecule has 2 N–H and O–H groups in total. The smallest absolute Gasteiger partial charge is 0.220 e. The van der Waals surface area contributed by atoms with Crippen LogP contribution in [0.4, 0.5) is 0 Å². The highest BCUT2D eigenvalue weighted by Crippen LogP contribution is 2.18. The molecule has 2 atom stereocenters. The Bertz CT molecular complexity index is 250. The molecule has 1 saturated heterocycles. The van der Waals surface area contributed by atoms with Crippen molar-refractivity contribution in [3.8, 4) is 0 Å². The number of nitrogens with two attached hydrogens (primary N) is 1. The minimum Gasteiger partial charge on any atom is -0.369 e. The molecule has 0 radical (unpaired) electrons. The van der Waals surface area contributed by atoms with E-state index in [0.717, 1.165) is 0 Å². The zero-order chi connectivity index (χ0) is 9.14. The summed E-state index contributed by atoms with van der Waals surface area (Å²) >= 11 is 0. The van der Waals surface area contributed by atoms with Crippen LogP contribution in [0.5, 0.6) is 0 Å². The van der Waals surface area contributed by atoms with Crippen LogP contribution in [-0.2, 0) is 15.6 Å². The third-order valence-electron chi connectivity index (χ3n) is 1.99. The van der Waals surface area contributed by atoms with Crippen LogP contribution in [0.1, 0.15) is 12.8 Å². The second kappa shape index (κ2) is 3.80. The quantitative estimate of drug-likeness (QED) is 0.611. The lowest BCUT2D eigenvalue weighted by atomic mass is 10.0. The minimum atomic E-state index is -0.973. The van der Waals surface area contributed by atoms with Gasteiger partial charge in [0, 0.05) is 25.1 Å². The van der Waals surface area contributed by atoms with Gasteiger partial charge in [0.1, 0.15) is 0 Å². The molecule has 0 aromatic rings. The fourth-order valence-corrected chi connectivity index (χ4v) is 2.53. The van der Waals surface area contributed by atoms with Gasteiger partial charge in [-0.25, -0.2) is 0 Å². The van der Waals surface area contributed by atoms with E-state index in [1.807, 2.05) is 0 Å². The summed E-state index contributed by atoms with van der Waals surface area (Å²) in [7, 11) is 0.621. The predicted octanol–water partition coefficient (Wildman–Crippen LogP) is -0.341. The maximum absolute atomic E-state index is 11.2. The second-order valence-corrected chi connectivity index (χ2v) is 4.33. The third-order valence-corrected chi connectivity index (χ3v) is 3.47. The SMILES string of the molecule is CN=C1CC(C(N)=O)CCS1=O. The molecule has 4 nitrogen and oxygen atoms in total. The molecule has 0 aromatic heterocycles. The Morgan fingerprint density at radius 2 is 2.42 bits per heavy atom. The molecule has 1 aliphatic rings. The molecule has 0 spiro atoms. The Hall–Kier alpha value is -0.710. The van der Waals surface area contributed by atoms with Crippen LogP contribution in [0, 0.1) is 5.92 Å². The zero-order valence-electron chi connectivity index (χ0n) is 6.95. The molecule has 1 rings (SSSR count). The first-order valence-corrected chi connectivity index (χ1v) is 5.10. The number of rotatable bonds is 1. The summed E-state index contributed by atoms with van der Waals surface area (Å²) in [5, 5.41) is 0.616. The average Bonchev–Trinajstić information content (AvgIpc) is 2.05. The summed E-state index contributed by atoms with van der Waals surface area (Å²) in [5.74, 6) is 0.0366. The summed E-state index contributed by atoms with van der Waals surface area (Å²) < 4.78 is 11.2. The van der Waals surface area contributed by atoms with Gasteiger partial charge >= 0.3 is 0 Å². The van der Waals surface area contributed by atoms with Crippen molar-refractivity contribution in [3.63, 3.8) is 0 Å². The number of carbonyl (C=O) groups is 1. The summed E-state index contributed by atoms with van der Waals surface area (Å²) in [6.07, 6.45) is 1.10. The summed E-state index contributed by atoms with van der Waals surface area (Å²) in [4.78, 5) is 14.7. The molecule has 1 heterocycles.